The number of aliphatic hydroxyl groups excluding tert-OH is 2. The average Bonchev–Trinajstić information content (AvgIpc) is 2.06. The van der Waals surface area contributed by atoms with E-state index < -0.39 is 11.9 Å². The lowest BCUT2D eigenvalue weighted by Gasteiger charge is -1.90. The number of carbonyl (C=O) groups is 2. The third-order valence-corrected chi connectivity index (χ3v) is 0.999. The van der Waals surface area contributed by atoms with Crippen molar-refractivity contribution in [3.8, 4) is 0 Å². The minimum absolute atomic E-state index is 0.250. The van der Waals surface area contributed by atoms with Crippen molar-refractivity contribution in [1.82, 2.24) is 0 Å². The summed E-state index contributed by atoms with van der Waals surface area (Å²) in [7, 11) is 0. The van der Waals surface area contributed by atoms with Crippen LogP contribution in [0.15, 0.2) is 0 Å². The predicted molar refractivity (Wildman–Crippen MR) is 43.3 cm³/mol. The summed E-state index contributed by atoms with van der Waals surface area (Å²) in [6.07, 6.45) is 2.58. The number of carboxylic acids is 2. The molecule has 6 heteroatoms. The van der Waals surface area contributed by atoms with Crippen LogP contribution in [0.3, 0.4) is 0 Å². The van der Waals surface area contributed by atoms with Gasteiger partial charge in [0.05, 0.1) is 0 Å². The second-order valence-corrected chi connectivity index (χ2v) is 2.12. The van der Waals surface area contributed by atoms with Crippen LogP contribution in [0.2, 0.25) is 0 Å². The molecule has 0 saturated heterocycles. The van der Waals surface area contributed by atoms with Gasteiger partial charge in [-0.3, -0.25) is 0 Å². The summed E-state index contributed by atoms with van der Waals surface area (Å²) in [6.45, 7) is 0.500. The molecule has 0 aromatic rings. The molecule has 4 N–H and O–H groups in total. The van der Waals surface area contributed by atoms with Gasteiger partial charge in [0, 0.05) is 13.2 Å². The molecule has 0 fully saturated rings. The van der Waals surface area contributed by atoms with Gasteiger partial charge in [-0.05, 0) is 19.3 Å². The van der Waals surface area contributed by atoms with Gasteiger partial charge in [0.15, 0.2) is 0 Å². The average molecular weight is 194 g/mol. The largest absolute Gasteiger partial charge is 0.473 e. The van der Waals surface area contributed by atoms with Crippen LogP contribution in [0.25, 0.3) is 0 Å². The van der Waals surface area contributed by atoms with E-state index in [9.17, 15) is 0 Å². The standard InChI is InChI=1S/C5H12O2.C2H2O4/c6-4-2-1-3-5-7;3-1(4)2(5)6/h6-7H,1-5H2;(H,3,4)(H,5,6). The maximum Gasteiger partial charge on any atom is 0.414 e. The van der Waals surface area contributed by atoms with Crippen molar-refractivity contribution >= 4 is 11.9 Å². The zero-order chi connectivity index (χ0) is 10.7. The SMILES string of the molecule is O=C(O)C(=O)O.OCCCCCO. The lowest BCUT2D eigenvalue weighted by Crippen LogP contribution is -2.09. The molecule has 0 amide bonds. The van der Waals surface area contributed by atoms with Crippen LogP contribution in [0, 0.1) is 0 Å². The Morgan fingerprint density at radius 1 is 0.769 bits per heavy atom. The minimum atomic E-state index is -1.82. The highest BCUT2D eigenvalue weighted by Crippen LogP contribution is 1.90. The van der Waals surface area contributed by atoms with Crippen molar-refractivity contribution in [2.75, 3.05) is 13.2 Å². The number of carboxylic acid groups (broad SMARTS) is 2. The number of hydrogen-bond donors (Lipinski definition) is 4. The summed E-state index contributed by atoms with van der Waals surface area (Å²) in [5, 5.41) is 31.2. The number of unbranched alkanes of at least 4 members (excludes halogenated alkanes) is 2. The van der Waals surface area contributed by atoms with E-state index in [0.29, 0.717) is 0 Å². The van der Waals surface area contributed by atoms with Crippen molar-refractivity contribution in [2.45, 2.75) is 19.3 Å². The summed E-state index contributed by atoms with van der Waals surface area (Å²) in [4.78, 5) is 18.2. The van der Waals surface area contributed by atoms with E-state index in [4.69, 9.17) is 30.0 Å². The molecular weight excluding hydrogens is 180 g/mol. The van der Waals surface area contributed by atoms with Crippen LogP contribution < -0.4 is 0 Å². The van der Waals surface area contributed by atoms with Crippen molar-refractivity contribution in [3.63, 3.8) is 0 Å². The van der Waals surface area contributed by atoms with Gasteiger partial charge in [0.1, 0.15) is 0 Å². The molecule has 6 nitrogen and oxygen atoms in total. The van der Waals surface area contributed by atoms with Crippen molar-refractivity contribution in [3.05, 3.63) is 0 Å². The summed E-state index contributed by atoms with van der Waals surface area (Å²) in [6, 6.07) is 0. The fourth-order valence-corrected chi connectivity index (χ4v) is 0.400. The predicted octanol–water partition coefficient (Wildman–Crippen LogP) is -0.703. The molecule has 0 heterocycles. The Balaban J connectivity index is 0. The van der Waals surface area contributed by atoms with Crippen molar-refractivity contribution in [2.24, 2.45) is 0 Å². The molecule has 0 bridgehead atoms. The van der Waals surface area contributed by atoms with Gasteiger partial charge in [-0.25, -0.2) is 9.59 Å². The maximum absolute atomic E-state index is 9.10. The van der Waals surface area contributed by atoms with E-state index >= 15 is 0 Å². The zero-order valence-corrected chi connectivity index (χ0v) is 7.14. The summed E-state index contributed by atoms with van der Waals surface area (Å²) in [5.41, 5.74) is 0. The minimum Gasteiger partial charge on any atom is -0.473 e. The molecule has 13 heavy (non-hydrogen) atoms. The third kappa shape index (κ3) is 18.1. The smallest absolute Gasteiger partial charge is 0.414 e. The first-order valence-corrected chi connectivity index (χ1v) is 3.74. The van der Waals surface area contributed by atoms with E-state index in [1.807, 2.05) is 0 Å². The first-order chi connectivity index (χ1) is 6.06. The topological polar surface area (TPSA) is 115 Å². The molecule has 0 aromatic carbocycles. The van der Waals surface area contributed by atoms with Gasteiger partial charge >= 0.3 is 11.9 Å². The summed E-state index contributed by atoms with van der Waals surface area (Å²) < 4.78 is 0. The Kier molecular flexibility index (Phi) is 12.0. The Morgan fingerprint density at radius 3 is 1.23 bits per heavy atom. The summed E-state index contributed by atoms with van der Waals surface area (Å²) >= 11 is 0. The van der Waals surface area contributed by atoms with Crippen molar-refractivity contribution < 1.29 is 30.0 Å². The molecule has 0 radical (unpaired) electrons. The fraction of sp³-hybridized carbons (Fsp3) is 0.714. The van der Waals surface area contributed by atoms with Crippen LogP contribution >= 0.6 is 0 Å². The number of aliphatic carboxylic acids is 2. The highest BCUT2D eigenvalue weighted by Gasteiger charge is 2.04. The molecular formula is C7H14O6. The van der Waals surface area contributed by atoms with E-state index in [1.54, 1.807) is 0 Å². The molecule has 0 atom stereocenters. The van der Waals surface area contributed by atoms with Gasteiger partial charge in [0.2, 0.25) is 0 Å². The second-order valence-electron chi connectivity index (χ2n) is 2.12. The lowest BCUT2D eigenvalue weighted by molar-refractivity contribution is -0.159. The summed E-state index contributed by atoms with van der Waals surface area (Å²) in [5.74, 6) is -3.65. The molecule has 0 saturated carbocycles. The lowest BCUT2D eigenvalue weighted by atomic mass is 10.2. The Hall–Kier alpha value is -1.14. The molecule has 0 aromatic heterocycles. The molecule has 0 rings (SSSR count). The van der Waals surface area contributed by atoms with E-state index in [1.165, 1.54) is 0 Å². The van der Waals surface area contributed by atoms with Crippen LogP contribution in [0.1, 0.15) is 19.3 Å². The number of aliphatic hydroxyl groups is 2. The van der Waals surface area contributed by atoms with Gasteiger partial charge in [0.25, 0.3) is 0 Å². The van der Waals surface area contributed by atoms with Gasteiger partial charge < -0.3 is 20.4 Å². The molecule has 0 aliphatic heterocycles. The van der Waals surface area contributed by atoms with E-state index in [2.05, 4.69) is 0 Å². The quantitative estimate of drug-likeness (QED) is 0.347. The molecule has 0 aliphatic rings. The maximum atomic E-state index is 9.10. The first kappa shape index (κ1) is 14.4. The van der Waals surface area contributed by atoms with Crippen LogP contribution in [0.4, 0.5) is 0 Å². The van der Waals surface area contributed by atoms with Crippen molar-refractivity contribution in [1.29, 1.82) is 0 Å². The monoisotopic (exact) mass is 194 g/mol. The third-order valence-electron chi connectivity index (χ3n) is 0.999. The van der Waals surface area contributed by atoms with Gasteiger partial charge in [-0.2, -0.15) is 0 Å². The normalized spacial score (nSPS) is 8.46. The van der Waals surface area contributed by atoms with E-state index in [-0.39, 0.29) is 13.2 Å². The highest BCUT2D eigenvalue weighted by atomic mass is 16.4. The Morgan fingerprint density at radius 2 is 1.08 bits per heavy atom. The number of hydrogen-bond acceptors (Lipinski definition) is 4. The Bertz CT molecular complexity index is 128. The van der Waals surface area contributed by atoms with Gasteiger partial charge in [-0.1, -0.05) is 0 Å². The number of rotatable bonds is 4. The van der Waals surface area contributed by atoms with E-state index in [0.717, 1.165) is 19.3 Å². The Labute approximate surface area is 75.4 Å². The molecule has 78 valence electrons. The first-order valence-electron chi connectivity index (χ1n) is 3.74. The molecule has 0 spiro atoms. The fourth-order valence-electron chi connectivity index (χ4n) is 0.400. The van der Waals surface area contributed by atoms with Gasteiger partial charge in [-0.15, -0.1) is 0 Å². The highest BCUT2D eigenvalue weighted by molar-refractivity contribution is 6.27. The second kappa shape index (κ2) is 10.9. The molecule has 0 aliphatic carbocycles. The van der Waals surface area contributed by atoms with Crippen LogP contribution in [-0.2, 0) is 9.59 Å². The van der Waals surface area contributed by atoms with Crippen LogP contribution in [0.5, 0.6) is 0 Å². The molecule has 0 unspecified atom stereocenters. The van der Waals surface area contributed by atoms with Crippen LogP contribution in [-0.4, -0.2) is 45.6 Å². The zero-order valence-electron chi connectivity index (χ0n) is 7.14.